The number of fused-ring (bicyclic) bond motifs is 1. The van der Waals surface area contributed by atoms with E-state index in [9.17, 15) is 14.0 Å². The summed E-state index contributed by atoms with van der Waals surface area (Å²) in [5.41, 5.74) is 1.53. The largest absolute Gasteiger partial charge is 0.496 e. The molecule has 0 spiro atoms. The van der Waals surface area contributed by atoms with Gasteiger partial charge in [0.2, 0.25) is 5.78 Å². The van der Waals surface area contributed by atoms with E-state index in [0.717, 1.165) is 22.5 Å². The van der Waals surface area contributed by atoms with Crippen LogP contribution in [0.1, 0.15) is 15.9 Å². The predicted octanol–water partition coefficient (Wildman–Crippen LogP) is 3.82. The standard InChI is InChI=1S/C21H16FNO4/c1-26-19-9-8-16(22)12-17(19)18(24)13-27-20(25)10-7-15-5-2-4-14-6-3-11-23-21(14)15/h2-12H,13H2,1H3. The van der Waals surface area contributed by atoms with Gasteiger partial charge in [-0.2, -0.15) is 0 Å². The number of esters is 1. The molecule has 1 heterocycles. The number of ether oxygens (including phenoxy) is 2. The first-order valence-corrected chi connectivity index (χ1v) is 8.14. The van der Waals surface area contributed by atoms with Gasteiger partial charge in [0.1, 0.15) is 11.6 Å². The minimum Gasteiger partial charge on any atom is -0.496 e. The van der Waals surface area contributed by atoms with Gasteiger partial charge >= 0.3 is 5.97 Å². The van der Waals surface area contributed by atoms with Gasteiger partial charge in [-0.05, 0) is 30.3 Å². The van der Waals surface area contributed by atoms with Crippen LogP contribution in [0.4, 0.5) is 4.39 Å². The molecule has 0 aliphatic rings. The number of pyridine rings is 1. The van der Waals surface area contributed by atoms with Gasteiger partial charge in [-0.15, -0.1) is 0 Å². The molecule has 0 amide bonds. The first-order chi connectivity index (χ1) is 13.1. The van der Waals surface area contributed by atoms with Crippen molar-refractivity contribution in [3.63, 3.8) is 0 Å². The zero-order chi connectivity index (χ0) is 19.2. The summed E-state index contributed by atoms with van der Waals surface area (Å²) in [7, 11) is 1.37. The van der Waals surface area contributed by atoms with E-state index in [2.05, 4.69) is 4.98 Å². The number of Topliss-reactive ketones (excluding diaryl/α,β-unsaturated/α-hetero) is 1. The Morgan fingerprint density at radius 1 is 1.15 bits per heavy atom. The van der Waals surface area contributed by atoms with Crippen LogP contribution in [0.3, 0.4) is 0 Å². The van der Waals surface area contributed by atoms with Crippen molar-refractivity contribution in [2.45, 2.75) is 0 Å². The maximum atomic E-state index is 13.3. The van der Waals surface area contributed by atoms with Crippen molar-refractivity contribution in [1.29, 1.82) is 0 Å². The molecule has 3 aromatic rings. The van der Waals surface area contributed by atoms with Gasteiger partial charge in [0.05, 0.1) is 18.2 Å². The second kappa shape index (κ2) is 8.23. The van der Waals surface area contributed by atoms with Crippen molar-refractivity contribution in [2.75, 3.05) is 13.7 Å². The van der Waals surface area contributed by atoms with Crippen LogP contribution in [0.25, 0.3) is 17.0 Å². The Kier molecular flexibility index (Phi) is 5.56. The highest BCUT2D eigenvalue weighted by molar-refractivity contribution is 6.01. The van der Waals surface area contributed by atoms with Crippen molar-refractivity contribution in [1.82, 2.24) is 4.98 Å². The van der Waals surface area contributed by atoms with Crippen LogP contribution in [0.2, 0.25) is 0 Å². The maximum absolute atomic E-state index is 13.3. The highest BCUT2D eigenvalue weighted by Crippen LogP contribution is 2.20. The first kappa shape index (κ1) is 18.3. The van der Waals surface area contributed by atoms with Crippen LogP contribution in [-0.2, 0) is 9.53 Å². The van der Waals surface area contributed by atoms with E-state index in [0.29, 0.717) is 0 Å². The monoisotopic (exact) mass is 365 g/mol. The van der Waals surface area contributed by atoms with Crippen LogP contribution in [0.15, 0.2) is 60.8 Å². The second-order valence-corrected chi connectivity index (χ2v) is 5.63. The lowest BCUT2D eigenvalue weighted by molar-refractivity contribution is -0.136. The Bertz CT molecular complexity index is 1020. The molecule has 0 unspecified atom stereocenters. The maximum Gasteiger partial charge on any atom is 0.331 e. The zero-order valence-electron chi connectivity index (χ0n) is 14.5. The van der Waals surface area contributed by atoms with E-state index in [-0.39, 0.29) is 11.3 Å². The van der Waals surface area contributed by atoms with E-state index in [4.69, 9.17) is 9.47 Å². The molecule has 0 saturated carbocycles. The molecule has 0 saturated heterocycles. The third-order valence-electron chi connectivity index (χ3n) is 3.87. The van der Waals surface area contributed by atoms with Crippen LogP contribution in [0.5, 0.6) is 5.75 Å². The lowest BCUT2D eigenvalue weighted by Crippen LogP contribution is -2.13. The van der Waals surface area contributed by atoms with Crippen LogP contribution < -0.4 is 4.74 Å². The number of hydrogen-bond donors (Lipinski definition) is 0. The summed E-state index contributed by atoms with van der Waals surface area (Å²) in [6.07, 6.45) is 4.47. The molecule has 2 aromatic carbocycles. The number of carbonyl (C=O) groups is 2. The molecule has 0 bridgehead atoms. The van der Waals surface area contributed by atoms with Gasteiger partial charge in [-0.3, -0.25) is 9.78 Å². The molecule has 0 aliphatic carbocycles. The summed E-state index contributed by atoms with van der Waals surface area (Å²) in [6, 6.07) is 12.9. The molecule has 0 fully saturated rings. The van der Waals surface area contributed by atoms with E-state index < -0.39 is 24.2 Å². The van der Waals surface area contributed by atoms with Gasteiger partial charge in [0.15, 0.2) is 6.61 Å². The topological polar surface area (TPSA) is 65.5 Å². The fourth-order valence-corrected chi connectivity index (χ4v) is 2.58. The van der Waals surface area contributed by atoms with E-state index in [1.165, 1.54) is 25.3 Å². The number of para-hydroxylation sites is 1. The highest BCUT2D eigenvalue weighted by Gasteiger charge is 2.15. The number of nitrogens with zero attached hydrogens (tertiary/aromatic N) is 1. The average Bonchev–Trinajstić information content (AvgIpc) is 2.70. The average molecular weight is 365 g/mol. The second-order valence-electron chi connectivity index (χ2n) is 5.63. The van der Waals surface area contributed by atoms with E-state index in [1.807, 2.05) is 30.3 Å². The summed E-state index contributed by atoms with van der Waals surface area (Å²) < 4.78 is 23.3. The van der Waals surface area contributed by atoms with Gasteiger partial charge in [-0.1, -0.05) is 24.3 Å². The van der Waals surface area contributed by atoms with Crippen LogP contribution in [0, 0.1) is 5.82 Å². The Labute approximate surface area is 155 Å². The SMILES string of the molecule is COc1ccc(F)cc1C(=O)COC(=O)C=Cc1cccc2cccnc12. The van der Waals surface area contributed by atoms with Crippen molar-refractivity contribution in [2.24, 2.45) is 0 Å². The number of rotatable bonds is 6. The summed E-state index contributed by atoms with van der Waals surface area (Å²) in [5, 5.41) is 0.946. The Balaban J connectivity index is 1.67. The fourth-order valence-electron chi connectivity index (χ4n) is 2.58. The minimum absolute atomic E-state index is 0.0209. The molecular formula is C21H16FNO4. The number of benzene rings is 2. The van der Waals surface area contributed by atoms with Crippen LogP contribution in [-0.4, -0.2) is 30.5 Å². The summed E-state index contributed by atoms with van der Waals surface area (Å²) in [6.45, 7) is -0.517. The number of hydrogen-bond acceptors (Lipinski definition) is 5. The Morgan fingerprint density at radius 3 is 2.78 bits per heavy atom. The molecule has 0 N–H and O–H groups in total. The van der Waals surface area contributed by atoms with Gasteiger partial charge in [0, 0.05) is 23.2 Å². The van der Waals surface area contributed by atoms with Gasteiger partial charge in [-0.25, -0.2) is 9.18 Å². The lowest BCUT2D eigenvalue weighted by atomic mass is 10.1. The molecule has 0 atom stereocenters. The normalized spacial score (nSPS) is 10.9. The highest BCUT2D eigenvalue weighted by atomic mass is 19.1. The third-order valence-corrected chi connectivity index (χ3v) is 3.87. The Morgan fingerprint density at radius 2 is 1.96 bits per heavy atom. The third kappa shape index (κ3) is 4.36. The first-order valence-electron chi connectivity index (χ1n) is 8.14. The molecule has 1 aromatic heterocycles. The van der Waals surface area contributed by atoms with Gasteiger partial charge in [0.25, 0.3) is 0 Å². The number of carbonyl (C=O) groups excluding carboxylic acids is 2. The van der Waals surface area contributed by atoms with E-state index in [1.54, 1.807) is 12.3 Å². The minimum atomic E-state index is -0.688. The van der Waals surface area contributed by atoms with E-state index >= 15 is 0 Å². The molecule has 6 heteroatoms. The molecule has 136 valence electrons. The number of halogens is 1. The lowest BCUT2D eigenvalue weighted by Gasteiger charge is -2.07. The zero-order valence-corrected chi connectivity index (χ0v) is 14.5. The summed E-state index contributed by atoms with van der Waals surface area (Å²) in [5.74, 6) is -1.60. The van der Waals surface area contributed by atoms with Crippen LogP contribution >= 0.6 is 0 Å². The molecular weight excluding hydrogens is 349 g/mol. The molecule has 3 rings (SSSR count). The van der Waals surface area contributed by atoms with Gasteiger partial charge < -0.3 is 9.47 Å². The van der Waals surface area contributed by atoms with Crippen molar-refractivity contribution in [3.8, 4) is 5.75 Å². The molecule has 0 radical (unpaired) electrons. The fraction of sp³-hybridized carbons (Fsp3) is 0.0952. The predicted molar refractivity (Wildman–Crippen MR) is 99.0 cm³/mol. The quantitative estimate of drug-likeness (QED) is 0.377. The van der Waals surface area contributed by atoms with Crippen molar-refractivity contribution >= 4 is 28.7 Å². The summed E-state index contributed by atoms with van der Waals surface area (Å²) >= 11 is 0. The molecule has 27 heavy (non-hydrogen) atoms. The number of ketones is 1. The van der Waals surface area contributed by atoms with Crippen molar-refractivity contribution < 1.29 is 23.5 Å². The molecule has 0 aliphatic heterocycles. The number of aromatic nitrogens is 1. The molecule has 5 nitrogen and oxygen atoms in total. The smallest absolute Gasteiger partial charge is 0.331 e. The van der Waals surface area contributed by atoms with Crippen molar-refractivity contribution in [3.05, 3.63) is 77.7 Å². The Hall–Kier alpha value is -3.54. The summed E-state index contributed by atoms with van der Waals surface area (Å²) in [4.78, 5) is 28.4. The number of methoxy groups -OCH3 is 1.